The minimum absolute atomic E-state index is 0.306. The van der Waals surface area contributed by atoms with Gasteiger partial charge in [0.15, 0.2) is 0 Å². The van der Waals surface area contributed by atoms with Crippen LogP contribution in [0.2, 0.25) is 0 Å². The van der Waals surface area contributed by atoms with E-state index in [9.17, 15) is 0 Å². The quantitative estimate of drug-likeness (QED) is 0.195. The van der Waals surface area contributed by atoms with Crippen LogP contribution in [-0.2, 0) is 14.2 Å². The van der Waals surface area contributed by atoms with Crippen LogP contribution in [0.4, 0.5) is 0 Å². The summed E-state index contributed by atoms with van der Waals surface area (Å²) >= 11 is 0. The normalized spacial score (nSPS) is 14.7. The Bertz CT molecular complexity index is 274. The van der Waals surface area contributed by atoms with E-state index >= 15 is 0 Å². The lowest BCUT2D eigenvalue weighted by molar-refractivity contribution is -0.420. The molecule has 0 saturated heterocycles. The van der Waals surface area contributed by atoms with E-state index in [0.29, 0.717) is 19.8 Å². The van der Waals surface area contributed by atoms with Gasteiger partial charge in [-0.05, 0) is 33.6 Å². The molecule has 0 radical (unpaired) electrons. The minimum atomic E-state index is -1.01. The van der Waals surface area contributed by atoms with Crippen molar-refractivity contribution in [2.75, 3.05) is 19.8 Å². The Kier molecular flexibility index (Phi) is 12.8. The van der Waals surface area contributed by atoms with Crippen LogP contribution in [0.3, 0.4) is 0 Å². The SMILES string of the molecule is C=CC(CC)(CCCCCCCC)C(OCC)(OCC)OCC. The second-order valence-electron chi connectivity index (χ2n) is 6.09. The number of hydrogen-bond acceptors (Lipinski definition) is 3. The van der Waals surface area contributed by atoms with Crippen molar-refractivity contribution in [3.05, 3.63) is 12.7 Å². The highest BCUT2D eigenvalue weighted by molar-refractivity contribution is 5.01. The lowest BCUT2D eigenvalue weighted by Gasteiger charge is -2.46. The second kappa shape index (κ2) is 13.0. The molecule has 0 saturated carbocycles. The predicted octanol–water partition coefficient (Wildman–Crippen LogP) is 6.08. The zero-order chi connectivity index (χ0) is 17.6. The third kappa shape index (κ3) is 6.56. The van der Waals surface area contributed by atoms with Gasteiger partial charge in [0.25, 0.3) is 5.97 Å². The molecule has 0 aromatic carbocycles. The maximum Gasteiger partial charge on any atom is 0.292 e. The third-order valence-corrected chi connectivity index (χ3v) is 4.61. The number of hydrogen-bond donors (Lipinski definition) is 0. The molecule has 0 aromatic rings. The standard InChI is InChI=1S/C20H40O3/c1-7-13-14-15-16-17-18-19(8-2,9-3)20(21-10-4,22-11-5)23-12-6/h8H,2,7,9-18H2,1,3-6H3. The van der Waals surface area contributed by atoms with Crippen LogP contribution in [-0.4, -0.2) is 25.8 Å². The van der Waals surface area contributed by atoms with Crippen molar-refractivity contribution in [1.29, 1.82) is 0 Å². The first-order valence-corrected chi connectivity index (χ1v) is 9.67. The average Bonchev–Trinajstić information content (AvgIpc) is 2.55. The van der Waals surface area contributed by atoms with Gasteiger partial charge in [-0.2, -0.15) is 0 Å². The summed E-state index contributed by atoms with van der Waals surface area (Å²) in [5, 5.41) is 0. The molecule has 23 heavy (non-hydrogen) atoms. The predicted molar refractivity (Wildman–Crippen MR) is 98.5 cm³/mol. The summed E-state index contributed by atoms with van der Waals surface area (Å²) < 4.78 is 18.1. The van der Waals surface area contributed by atoms with Crippen LogP contribution >= 0.6 is 0 Å². The third-order valence-electron chi connectivity index (χ3n) is 4.61. The van der Waals surface area contributed by atoms with Gasteiger partial charge >= 0.3 is 0 Å². The molecule has 3 heteroatoms. The molecule has 0 aromatic heterocycles. The van der Waals surface area contributed by atoms with Crippen LogP contribution in [0.25, 0.3) is 0 Å². The molecule has 0 aliphatic carbocycles. The Morgan fingerprint density at radius 3 is 1.61 bits per heavy atom. The fourth-order valence-electron chi connectivity index (χ4n) is 3.26. The minimum Gasteiger partial charge on any atom is -0.327 e. The summed E-state index contributed by atoms with van der Waals surface area (Å²) in [4.78, 5) is 0. The Morgan fingerprint density at radius 1 is 0.739 bits per heavy atom. The Labute approximate surface area is 144 Å². The van der Waals surface area contributed by atoms with Crippen LogP contribution < -0.4 is 0 Å². The van der Waals surface area contributed by atoms with Crippen LogP contribution in [0, 0.1) is 5.41 Å². The molecule has 0 aliphatic heterocycles. The van der Waals surface area contributed by atoms with Crippen molar-refractivity contribution >= 4 is 0 Å². The van der Waals surface area contributed by atoms with E-state index in [2.05, 4.69) is 20.4 Å². The summed E-state index contributed by atoms with van der Waals surface area (Å²) in [6.07, 6.45) is 11.5. The van der Waals surface area contributed by atoms with Crippen molar-refractivity contribution in [3.8, 4) is 0 Å². The largest absolute Gasteiger partial charge is 0.327 e. The molecule has 0 aliphatic rings. The smallest absolute Gasteiger partial charge is 0.292 e. The highest BCUT2D eigenvalue weighted by atomic mass is 16.9. The van der Waals surface area contributed by atoms with Crippen molar-refractivity contribution in [2.24, 2.45) is 5.41 Å². The highest BCUT2D eigenvalue weighted by Crippen LogP contribution is 2.45. The summed E-state index contributed by atoms with van der Waals surface area (Å²) in [6, 6.07) is 0. The van der Waals surface area contributed by atoms with Gasteiger partial charge in [-0.3, -0.25) is 0 Å². The molecule has 0 spiro atoms. The molecular formula is C20H40O3. The topological polar surface area (TPSA) is 27.7 Å². The van der Waals surface area contributed by atoms with Gasteiger partial charge in [-0.15, -0.1) is 6.58 Å². The molecule has 0 rings (SSSR count). The first kappa shape index (κ1) is 22.6. The maximum atomic E-state index is 6.04. The number of rotatable bonds is 16. The average molecular weight is 329 g/mol. The molecule has 138 valence electrons. The molecule has 0 heterocycles. The maximum absolute atomic E-state index is 6.04. The fourth-order valence-corrected chi connectivity index (χ4v) is 3.26. The summed E-state index contributed by atoms with van der Waals surface area (Å²) in [5.41, 5.74) is -0.306. The lowest BCUT2D eigenvalue weighted by Crippen LogP contribution is -2.53. The van der Waals surface area contributed by atoms with Gasteiger partial charge in [0, 0.05) is 19.8 Å². The number of unbranched alkanes of at least 4 members (excludes halogenated alkanes) is 5. The Balaban J connectivity index is 5.03. The molecule has 0 amide bonds. The molecule has 0 N–H and O–H groups in total. The van der Waals surface area contributed by atoms with Crippen molar-refractivity contribution < 1.29 is 14.2 Å². The molecular weight excluding hydrogens is 288 g/mol. The Hall–Kier alpha value is -0.380. The van der Waals surface area contributed by atoms with Crippen molar-refractivity contribution in [3.63, 3.8) is 0 Å². The summed E-state index contributed by atoms with van der Waals surface area (Å²) in [7, 11) is 0. The van der Waals surface area contributed by atoms with Crippen LogP contribution in [0.1, 0.15) is 86.0 Å². The first-order chi connectivity index (χ1) is 11.1. The zero-order valence-electron chi connectivity index (χ0n) is 16.3. The summed E-state index contributed by atoms with van der Waals surface area (Å²) in [6.45, 7) is 16.2. The first-order valence-electron chi connectivity index (χ1n) is 9.67. The second-order valence-corrected chi connectivity index (χ2v) is 6.09. The van der Waals surface area contributed by atoms with Gasteiger partial charge in [0.2, 0.25) is 0 Å². The monoisotopic (exact) mass is 328 g/mol. The van der Waals surface area contributed by atoms with E-state index in [0.717, 1.165) is 19.3 Å². The number of ether oxygens (including phenoxy) is 3. The summed E-state index contributed by atoms with van der Waals surface area (Å²) in [5.74, 6) is -1.01. The fraction of sp³-hybridized carbons (Fsp3) is 0.900. The van der Waals surface area contributed by atoms with Gasteiger partial charge in [0.05, 0.1) is 5.41 Å². The molecule has 0 fully saturated rings. The van der Waals surface area contributed by atoms with Crippen LogP contribution in [0.15, 0.2) is 12.7 Å². The van der Waals surface area contributed by atoms with E-state index in [-0.39, 0.29) is 5.41 Å². The van der Waals surface area contributed by atoms with Gasteiger partial charge in [-0.25, -0.2) is 0 Å². The zero-order valence-corrected chi connectivity index (χ0v) is 16.3. The van der Waals surface area contributed by atoms with Gasteiger partial charge in [0.1, 0.15) is 0 Å². The van der Waals surface area contributed by atoms with Gasteiger partial charge < -0.3 is 14.2 Å². The molecule has 3 nitrogen and oxygen atoms in total. The van der Waals surface area contributed by atoms with E-state index in [4.69, 9.17) is 14.2 Å². The van der Waals surface area contributed by atoms with E-state index in [1.54, 1.807) is 0 Å². The van der Waals surface area contributed by atoms with Gasteiger partial charge in [-0.1, -0.05) is 58.4 Å². The lowest BCUT2D eigenvalue weighted by atomic mass is 9.77. The molecule has 0 bridgehead atoms. The van der Waals surface area contributed by atoms with Crippen LogP contribution in [0.5, 0.6) is 0 Å². The van der Waals surface area contributed by atoms with Crippen molar-refractivity contribution in [2.45, 2.75) is 92.0 Å². The van der Waals surface area contributed by atoms with E-state index < -0.39 is 5.97 Å². The van der Waals surface area contributed by atoms with E-state index in [1.807, 2.05) is 26.8 Å². The van der Waals surface area contributed by atoms with E-state index in [1.165, 1.54) is 32.1 Å². The molecule has 1 unspecified atom stereocenters. The highest BCUT2D eigenvalue weighted by Gasteiger charge is 2.51. The van der Waals surface area contributed by atoms with Crippen molar-refractivity contribution in [1.82, 2.24) is 0 Å². The Morgan fingerprint density at radius 2 is 1.22 bits per heavy atom. The molecule has 1 atom stereocenters.